The second kappa shape index (κ2) is 3.20. The summed E-state index contributed by atoms with van der Waals surface area (Å²) in [5.74, 6) is -0.529. The Bertz CT molecular complexity index is 518. The van der Waals surface area contributed by atoms with Gasteiger partial charge in [0, 0.05) is 21.6 Å². The summed E-state index contributed by atoms with van der Waals surface area (Å²) < 4.78 is 14.2. The molecule has 14 heavy (non-hydrogen) atoms. The van der Waals surface area contributed by atoms with Gasteiger partial charge < -0.3 is 4.98 Å². The lowest BCUT2D eigenvalue weighted by Crippen LogP contribution is -1.90. The lowest BCUT2D eigenvalue weighted by molar-refractivity contribution is 0.101. The monoisotopic (exact) mass is 255 g/mol. The van der Waals surface area contributed by atoms with Crippen LogP contribution in [0, 0.1) is 5.82 Å². The van der Waals surface area contributed by atoms with E-state index in [1.54, 1.807) is 6.07 Å². The zero-order valence-corrected chi connectivity index (χ0v) is 8.98. The van der Waals surface area contributed by atoms with Gasteiger partial charge in [0.1, 0.15) is 5.82 Å². The summed E-state index contributed by atoms with van der Waals surface area (Å²) in [7, 11) is 0. The highest BCUT2D eigenvalue weighted by Gasteiger charge is 2.12. The van der Waals surface area contributed by atoms with Gasteiger partial charge in [-0.2, -0.15) is 0 Å². The summed E-state index contributed by atoms with van der Waals surface area (Å²) >= 11 is 3.18. The van der Waals surface area contributed by atoms with Crippen molar-refractivity contribution in [1.82, 2.24) is 4.98 Å². The SMILES string of the molecule is CC(=O)c1c[nH]c2cc(Br)cc(F)c12. The molecule has 1 aromatic heterocycles. The number of carbonyl (C=O) groups excluding carboxylic acids is 1. The van der Waals surface area contributed by atoms with Gasteiger partial charge in [0.25, 0.3) is 0 Å². The van der Waals surface area contributed by atoms with Crippen LogP contribution in [0.4, 0.5) is 4.39 Å². The van der Waals surface area contributed by atoms with E-state index in [4.69, 9.17) is 0 Å². The first-order valence-corrected chi connectivity index (χ1v) is 4.86. The fourth-order valence-electron chi connectivity index (χ4n) is 1.46. The first-order chi connectivity index (χ1) is 6.59. The van der Waals surface area contributed by atoms with Crippen molar-refractivity contribution >= 4 is 32.6 Å². The lowest BCUT2D eigenvalue weighted by Gasteiger charge is -1.96. The highest BCUT2D eigenvalue weighted by Crippen LogP contribution is 2.25. The number of aromatic amines is 1. The maximum absolute atomic E-state index is 13.5. The lowest BCUT2D eigenvalue weighted by atomic mass is 10.1. The van der Waals surface area contributed by atoms with Crippen molar-refractivity contribution in [3.8, 4) is 0 Å². The van der Waals surface area contributed by atoms with Crippen LogP contribution >= 0.6 is 15.9 Å². The number of ketones is 1. The van der Waals surface area contributed by atoms with Gasteiger partial charge in [-0.05, 0) is 19.1 Å². The van der Waals surface area contributed by atoms with Crippen molar-refractivity contribution in [3.05, 3.63) is 34.2 Å². The van der Waals surface area contributed by atoms with E-state index in [1.807, 2.05) is 0 Å². The third-order valence-electron chi connectivity index (χ3n) is 2.08. The number of fused-ring (bicyclic) bond motifs is 1. The van der Waals surface area contributed by atoms with Crippen LogP contribution in [-0.2, 0) is 0 Å². The number of Topliss-reactive ketones (excluding diaryl/α,β-unsaturated/α-hetero) is 1. The third-order valence-corrected chi connectivity index (χ3v) is 2.53. The molecular weight excluding hydrogens is 249 g/mol. The summed E-state index contributed by atoms with van der Waals surface area (Å²) in [6.07, 6.45) is 1.53. The van der Waals surface area contributed by atoms with Crippen molar-refractivity contribution < 1.29 is 9.18 Å². The van der Waals surface area contributed by atoms with Crippen molar-refractivity contribution in [1.29, 1.82) is 0 Å². The van der Waals surface area contributed by atoms with E-state index >= 15 is 0 Å². The predicted molar refractivity (Wildman–Crippen MR) is 56.0 cm³/mol. The molecule has 72 valence electrons. The van der Waals surface area contributed by atoms with Crippen LogP contribution in [0.1, 0.15) is 17.3 Å². The number of hydrogen-bond acceptors (Lipinski definition) is 1. The Kier molecular flexibility index (Phi) is 2.15. The second-order valence-electron chi connectivity index (χ2n) is 3.07. The van der Waals surface area contributed by atoms with E-state index in [2.05, 4.69) is 20.9 Å². The van der Waals surface area contributed by atoms with E-state index < -0.39 is 0 Å². The topological polar surface area (TPSA) is 32.9 Å². The zero-order valence-electron chi connectivity index (χ0n) is 7.40. The van der Waals surface area contributed by atoms with Crippen LogP contribution in [0.5, 0.6) is 0 Å². The minimum atomic E-state index is -0.388. The number of H-pyrrole nitrogens is 1. The Morgan fingerprint density at radius 2 is 2.21 bits per heavy atom. The van der Waals surface area contributed by atoms with Gasteiger partial charge in [-0.1, -0.05) is 15.9 Å². The normalized spacial score (nSPS) is 10.8. The van der Waals surface area contributed by atoms with Gasteiger partial charge in [0.15, 0.2) is 5.78 Å². The van der Waals surface area contributed by atoms with Gasteiger partial charge in [-0.15, -0.1) is 0 Å². The Hall–Kier alpha value is -1.16. The third kappa shape index (κ3) is 1.35. The molecule has 0 bridgehead atoms. The first kappa shape index (κ1) is 9.40. The Labute approximate surface area is 88.2 Å². The molecule has 2 nitrogen and oxygen atoms in total. The summed E-state index contributed by atoms with van der Waals surface area (Å²) in [6.45, 7) is 1.42. The quantitative estimate of drug-likeness (QED) is 0.780. The molecule has 2 rings (SSSR count). The minimum Gasteiger partial charge on any atom is -0.360 e. The minimum absolute atomic E-state index is 0.141. The van der Waals surface area contributed by atoms with Crippen molar-refractivity contribution in [2.75, 3.05) is 0 Å². The van der Waals surface area contributed by atoms with Crippen LogP contribution in [-0.4, -0.2) is 10.8 Å². The van der Waals surface area contributed by atoms with Crippen LogP contribution < -0.4 is 0 Å². The molecule has 1 heterocycles. The maximum Gasteiger partial charge on any atom is 0.162 e. The Morgan fingerprint density at radius 3 is 2.86 bits per heavy atom. The molecule has 0 saturated heterocycles. The summed E-state index contributed by atoms with van der Waals surface area (Å²) in [6, 6.07) is 3.09. The highest BCUT2D eigenvalue weighted by molar-refractivity contribution is 9.10. The van der Waals surface area contributed by atoms with Crippen molar-refractivity contribution in [2.24, 2.45) is 0 Å². The van der Waals surface area contributed by atoms with Crippen LogP contribution in [0.3, 0.4) is 0 Å². The number of nitrogens with one attached hydrogen (secondary N) is 1. The number of halogens is 2. The van der Waals surface area contributed by atoms with Crippen LogP contribution in [0.15, 0.2) is 22.8 Å². The average molecular weight is 256 g/mol. The molecule has 0 saturated carbocycles. The van der Waals surface area contributed by atoms with Crippen LogP contribution in [0.2, 0.25) is 0 Å². The van der Waals surface area contributed by atoms with E-state index in [1.165, 1.54) is 19.2 Å². The van der Waals surface area contributed by atoms with Gasteiger partial charge in [-0.25, -0.2) is 4.39 Å². The number of aromatic nitrogens is 1. The molecule has 0 aliphatic rings. The molecule has 0 fully saturated rings. The molecule has 1 N–H and O–H groups in total. The molecule has 0 aliphatic heterocycles. The number of hydrogen-bond donors (Lipinski definition) is 1. The molecule has 0 unspecified atom stereocenters. The molecule has 0 atom stereocenters. The van der Waals surface area contributed by atoms with E-state index in [0.717, 1.165) is 0 Å². The number of benzene rings is 1. The fraction of sp³-hybridized carbons (Fsp3) is 0.100. The number of rotatable bonds is 1. The molecular formula is C10H7BrFNO. The van der Waals surface area contributed by atoms with Gasteiger partial charge >= 0.3 is 0 Å². The predicted octanol–water partition coefficient (Wildman–Crippen LogP) is 3.27. The zero-order chi connectivity index (χ0) is 10.3. The summed E-state index contributed by atoms with van der Waals surface area (Å²) in [5, 5.41) is 0.362. The molecule has 0 aliphatic carbocycles. The first-order valence-electron chi connectivity index (χ1n) is 4.06. The molecule has 1 aromatic carbocycles. The van der Waals surface area contributed by atoms with E-state index in [0.29, 0.717) is 20.9 Å². The average Bonchev–Trinajstić information content (AvgIpc) is 2.47. The van der Waals surface area contributed by atoms with Crippen molar-refractivity contribution in [2.45, 2.75) is 6.92 Å². The molecule has 0 spiro atoms. The molecule has 0 radical (unpaired) electrons. The number of carbonyl (C=O) groups is 1. The maximum atomic E-state index is 13.5. The van der Waals surface area contributed by atoms with E-state index in [-0.39, 0.29) is 11.6 Å². The molecule has 2 aromatic rings. The van der Waals surface area contributed by atoms with Gasteiger partial charge in [0.05, 0.1) is 5.52 Å². The molecule has 4 heteroatoms. The largest absolute Gasteiger partial charge is 0.360 e. The highest BCUT2D eigenvalue weighted by atomic mass is 79.9. The van der Waals surface area contributed by atoms with E-state index in [9.17, 15) is 9.18 Å². The van der Waals surface area contributed by atoms with Gasteiger partial charge in [-0.3, -0.25) is 4.79 Å². The summed E-state index contributed by atoms with van der Waals surface area (Å²) in [4.78, 5) is 14.0. The van der Waals surface area contributed by atoms with Gasteiger partial charge in [0.2, 0.25) is 0 Å². The Balaban J connectivity index is 2.85. The Morgan fingerprint density at radius 1 is 1.50 bits per heavy atom. The van der Waals surface area contributed by atoms with Crippen molar-refractivity contribution in [3.63, 3.8) is 0 Å². The smallest absolute Gasteiger partial charge is 0.162 e. The van der Waals surface area contributed by atoms with Crippen LogP contribution in [0.25, 0.3) is 10.9 Å². The fourth-order valence-corrected chi connectivity index (χ4v) is 1.89. The second-order valence-corrected chi connectivity index (χ2v) is 3.98. The summed E-state index contributed by atoms with van der Waals surface area (Å²) in [5.41, 5.74) is 1.02. The molecule has 0 amide bonds. The standard InChI is InChI=1S/C10H7BrFNO/c1-5(14)7-4-13-9-3-6(11)2-8(12)10(7)9/h2-4,13H,1H3.